The molecule has 0 aliphatic heterocycles. The van der Waals surface area contributed by atoms with E-state index in [1.807, 2.05) is 0 Å². The Morgan fingerprint density at radius 3 is 2.27 bits per heavy atom. The van der Waals surface area contributed by atoms with Gasteiger partial charge in [-0.05, 0) is 13.3 Å². The molecule has 0 heterocycles. The number of hydrogen-bond donors (Lipinski definition) is 0. The molecule has 80 valence electrons. The first-order valence-corrected chi connectivity index (χ1v) is 5.64. The highest BCUT2D eigenvalue weighted by Gasteiger charge is 2.14. The summed E-state index contributed by atoms with van der Waals surface area (Å²) in [7, 11) is 0. The molecular formula is C15H20. The number of hydrogen-bond acceptors (Lipinski definition) is 0. The molecule has 2 atom stereocenters. The summed E-state index contributed by atoms with van der Waals surface area (Å²) >= 11 is 0. The molecule has 0 aromatic rings. The molecule has 0 aromatic carbocycles. The zero-order valence-corrected chi connectivity index (χ0v) is 9.84. The molecule has 0 radical (unpaired) electrons. The monoisotopic (exact) mass is 200 g/mol. The van der Waals surface area contributed by atoms with Crippen LogP contribution in [0.1, 0.15) is 46.0 Å². The Morgan fingerprint density at radius 2 is 1.80 bits per heavy atom. The van der Waals surface area contributed by atoms with Crippen molar-refractivity contribution in [3.63, 3.8) is 0 Å². The van der Waals surface area contributed by atoms with Crippen LogP contribution in [-0.2, 0) is 0 Å². The maximum Gasteiger partial charge on any atom is 0.0945 e. The molecule has 0 heteroatoms. The summed E-state index contributed by atoms with van der Waals surface area (Å²) in [5.74, 6) is 11.3. The summed E-state index contributed by atoms with van der Waals surface area (Å²) in [6.07, 6.45) is 16.8. The minimum atomic E-state index is -0.0679. The second-order valence-corrected chi connectivity index (χ2v) is 3.66. The van der Waals surface area contributed by atoms with Crippen LogP contribution in [0.4, 0.5) is 0 Å². The predicted octanol–water partition coefficient (Wildman–Crippen LogP) is 3.48. The van der Waals surface area contributed by atoms with E-state index in [-0.39, 0.29) is 11.8 Å². The molecule has 15 heavy (non-hydrogen) atoms. The number of terminal acetylenes is 2. The number of rotatable bonds is 6. The van der Waals surface area contributed by atoms with Crippen LogP contribution in [0.5, 0.6) is 0 Å². The van der Waals surface area contributed by atoms with Crippen molar-refractivity contribution in [2.24, 2.45) is 11.8 Å². The lowest BCUT2D eigenvalue weighted by molar-refractivity contribution is 0.507. The molecule has 0 N–H and O–H groups in total. The van der Waals surface area contributed by atoms with E-state index in [4.69, 9.17) is 12.8 Å². The summed E-state index contributed by atoms with van der Waals surface area (Å²) in [6.45, 7) is 4.00. The van der Waals surface area contributed by atoms with E-state index in [2.05, 4.69) is 30.6 Å². The van der Waals surface area contributed by atoms with Gasteiger partial charge in [0.1, 0.15) is 0 Å². The van der Waals surface area contributed by atoms with Gasteiger partial charge in [-0.2, -0.15) is 0 Å². The van der Waals surface area contributed by atoms with E-state index in [1.54, 1.807) is 6.92 Å². The first kappa shape index (κ1) is 13.7. The Morgan fingerprint density at radius 1 is 1.07 bits per heavy atom. The van der Waals surface area contributed by atoms with Crippen molar-refractivity contribution < 1.29 is 0 Å². The van der Waals surface area contributed by atoms with E-state index >= 15 is 0 Å². The van der Waals surface area contributed by atoms with Crippen LogP contribution in [0.25, 0.3) is 0 Å². The van der Waals surface area contributed by atoms with Crippen LogP contribution in [0.3, 0.4) is 0 Å². The third-order valence-electron chi connectivity index (χ3n) is 2.46. The molecule has 0 aliphatic carbocycles. The fraction of sp³-hybridized carbons (Fsp3) is 0.600. The highest BCUT2D eigenvalue weighted by molar-refractivity contribution is 5.20. The van der Waals surface area contributed by atoms with Gasteiger partial charge >= 0.3 is 0 Å². The average Bonchev–Trinajstić information content (AvgIpc) is 2.27. The van der Waals surface area contributed by atoms with Gasteiger partial charge in [0.2, 0.25) is 0 Å². The standard InChI is InChI=1S/C15H20/c1-5-9-10-11-13-15(8-4)14(7-3)12-6-2/h3-4,14-15H,5,9-11,13H2,1-2H3. The van der Waals surface area contributed by atoms with Gasteiger partial charge in [0.25, 0.3) is 0 Å². The van der Waals surface area contributed by atoms with Crippen LogP contribution < -0.4 is 0 Å². The molecule has 0 nitrogen and oxygen atoms in total. The van der Waals surface area contributed by atoms with Gasteiger partial charge < -0.3 is 0 Å². The summed E-state index contributed by atoms with van der Waals surface area (Å²) in [4.78, 5) is 0. The van der Waals surface area contributed by atoms with Crippen LogP contribution in [-0.4, -0.2) is 0 Å². The topological polar surface area (TPSA) is 0 Å². The third kappa shape index (κ3) is 5.88. The van der Waals surface area contributed by atoms with Crippen molar-refractivity contribution >= 4 is 0 Å². The quantitative estimate of drug-likeness (QED) is 0.455. The molecule has 0 saturated heterocycles. The van der Waals surface area contributed by atoms with E-state index in [9.17, 15) is 0 Å². The Bertz CT molecular complexity index is 287. The van der Waals surface area contributed by atoms with Gasteiger partial charge in [-0.3, -0.25) is 0 Å². The first-order chi connectivity index (χ1) is 7.29. The minimum Gasteiger partial charge on any atom is -0.120 e. The lowest BCUT2D eigenvalue weighted by Crippen LogP contribution is -2.09. The van der Waals surface area contributed by atoms with Gasteiger partial charge in [0, 0.05) is 5.92 Å². The van der Waals surface area contributed by atoms with Crippen molar-refractivity contribution in [3.05, 3.63) is 0 Å². The summed E-state index contributed by atoms with van der Waals surface area (Å²) in [6, 6.07) is 0. The highest BCUT2D eigenvalue weighted by Crippen LogP contribution is 2.18. The van der Waals surface area contributed by atoms with Crippen LogP contribution in [0, 0.1) is 48.4 Å². The Labute approximate surface area is 94.8 Å². The zero-order valence-electron chi connectivity index (χ0n) is 9.84. The Balaban J connectivity index is 4.06. The van der Waals surface area contributed by atoms with Crippen LogP contribution >= 0.6 is 0 Å². The lowest BCUT2D eigenvalue weighted by atomic mass is 9.89. The van der Waals surface area contributed by atoms with Gasteiger partial charge in [-0.15, -0.1) is 24.7 Å². The molecule has 0 spiro atoms. The van der Waals surface area contributed by atoms with Crippen molar-refractivity contribution in [2.75, 3.05) is 0 Å². The fourth-order valence-electron chi connectivity index (χ4n) is 1.55. The molecule has 0 aromatic heterocycles. The number of unbranched alkanes of at least 4 members (excludes halogenated alkanes) is 3. The van der Waals surface area contributed by atoms with Crippen molar-refractivity contribution in [3.8, 4) is 36.5 Å². The molecular weight excluding hydrogens is 180 g/mol. The maximum absolute atomic E-state index is 5.48. The fourth-order valence-corrected chi connectivity index (χ4v) is 1.55. The van der Waals surface area contributed by atoms with Gasteiger partial charge in [0.15, 0.2) is 0 Å². The Kier molecular flexibility index (Phi) is 8.43. The molecule has 0 bridgehead atoms. The van der Waals surface area contributed by atoms with Crippen molar-refractivity contribution in [2.45, 2.75) is 46.0 Å². The lowest BCUT2D eigenvalue weighted by Gasteiger charge is -2.12. The highest BCUT2D eigenvalue weighted by atomic mass is 14.1. The van der Waals surface area contributed by atoms with E-state index < -0.39 is 0 Å². The van der Waals surface area contributed by atoms with Gasteiger partial charge in [0.05, 0.1) is 5.92 Å². The van der Waals surface area contributed by atoms with Gasteiger partial charge in [-0.1, -0.05) is 44.4 Å². The Hall–Kier alpha value is -1.32. The van der Waals surface area contributed by atoms with Crippen LogP contribution in [0.2, 0.25) is 0 Å². The van der Waals surface area contributed by atoms with Gasteiger partial charge in [-0.25, -0.2) is 0 Å². The summed E-state index contributed by atoms with van der Waals surface area (Å²) in [5, 5.41) is 0. The van der Waals surface area contributed by atoms with Crippen molar-refractivity contribution in [1.29, 1.82) is 0 Å². The largest absolute Gasteiger partial charge is 0.120 e. The van der Waals surface area contributed by atoms with E-state index in [0.29, 0.717) is 0 Å². The predicted molar refractivity (Wildman–Crippen MR) is 66.9 cm³/mol. The first-order valence-electron chi connectivity index (χ1n) is 5.64. The summed E-state index contributed by atoms with van der Waals surface area (Å²) in [5.41, 5.74) is 0. The summed E-state index contributed by atoms with van der Waals surface area (Å²) < 4.78 is 0. The molecule has 2 unspecified atom stereocenters. The minimum absolute atomic E-state index is 0.0679. The smallest absolute Gasteiger partial charge is 0.0945 e. The maximum atomic E-state index is 5.48. The van der Waals surface area contributed by atoms with E-state index in [0.717, 1.165) is 12.8 Å². The van der Waals surface area contributed by atoms with E-state index in [1.165, 1.54) is 19.3 Å². The van der Waals surface area contributed by atoms with Crippen LogP contribution in [0.15, 0.2) is 0 Å². The molecule has 0 amide bonds. The normalized spacial score (nSPS) is 12.8. The average molecular weight is 200 g/mol. The second-order valence-electron chi connectivity index (χ2n) is 3.66. The molecule has 0 fully saturated rings. The SMILES string of the molecule is C#CC(C#CC)C(C#C)CCCCCC. The molecule has 0 saturated carbocycles. The molecule has 0 rings (SSSR count). The second kappa shape index (κ2) is 9.24. The molecule has 0 aliphatic rings. The zero-order chi connectivity index (χ0) is 11.5. The van der Waals surface area contributed by atoms with Crippen molar-refractivity contribution in [1.82, 2.24) is 0 Å². The third-order valence-corrected chi connectivity index (χ3v) is 2.46.